The van der Waals surface area contributed by atoms with Crippen LogP contribution >= 0.6 is 11.6 Å². The first-order valence-electron chi connectivity index (χ1n) is 5.24. The first-order valence-corrected chi connectivity index (χ1v) is 5.62. The van der Waals surface area contributed by atoms with Crippen molar-refractivity contribution in [1.29, 1.82) is 0 Å². The van der Waals surface area contributed by atoms with E-state index in [1.807, 2.05) is 13.8 Å². The first-order chi connectivity index (χ1) is 7.41. The van der Waals surface area contributed by atoms with E-state index in [1.165, 1.54) is 12.1 Å². The van der Waals surface area contributed by atoms with Crippen LogP contribution in [0.1, 0.15) is 25.3 Å². The molecule has 1 saturated carbocycles. The Morgan fingerprint density at radius 2 is 2.00 bits per heavy atom. The van der Waals surface area contributed by atoms with Crippen LogP contribution in [0.15, 0.2) is 12.1 Å². The van der Waals surface area contributed by atoms with Gasteiger partial charge in [-0.1, -0.05) is 31.5 Å². The van der Waals surface area contributed by atoms with Crippen LogP contribution in [0.25, 0.3) is 0 Å². The van der Waals surface area contributed by atoms with Crippen LogP contribution in [0, 0.1) is 23.0 Å². The van der Waals surface area contributed by atoms with Crippen molar-refractivity contribution in [2.45, 2.75) is 19.8 Å². The Balaban J connectivity index is 2.41. The van der Waals surface area contributed by atoms with Crippen LogP contribution in [0.3, 0.4) is 0 Å². The Bertz CT molecular complexity index is 431. The zero-order valence-electron chi connectivity index (χ0n) is 9.23. The zero-order chi connectivity index (χ0) is 12.1. The van der Waals surface area contributed by atoms with Crippen molar-refractivity contribution in [1.82, 2.24) is 0 Å². The third-order valence-corrected chi connectivity index (χ3v) is 4.05. The molecule has 0 spiro atoms. The standard InChI is InChI=1S/C12H14ClF2N/c1-12(2)7(5-16)9(12)6-3-4-8(14)10(13)11(6)15/h3-4,7,9H,5,16H2,1-2H3/t7-,9-/m0/s1. The summed E-state index contributed by atoms with van der Waals surface area (Å²) in [5, 5.41) is -0.420. The highest BCUT2D eigenvalue weighted by atomic mass is 35.5. The Kier molecular flexibility index (Phi) is 2.71. The van der Waals surface area contributed by atoms with E-state index in [0.29, 0.717) is 12.1 Å². The van der Waals surface area contributed by atoms with Crippen LogP contribution in [0.2, 0.25) is 5.02 Å². The summed E-state index contributed by atoms with van der Waals surface area (Å²) in [5.41, 5.74) is 6.07. The zero-order valence-corrected chi connectivity index (χ0v) is 9.98. The number of nitrogens with two attached hydrogens (primary N) is 1. The second-order valence-corrected chi connectivity index (χ2v) is 5.28. The maximum Gasteiger partial charge on any atom is 0.148 e. The Morgan fingerprint density at radius 3 is 2.50 bits per heavy atom. The Labute approximate surface area is 98.6 Å². The summed E-state index contributed by atoms with van der Waals surface area (Å²) in [5.74, 6) is -1.08. The third-order valence-electron chi connectivity index (χ3n) is 3.70. The number of halogens is 3. The van der Waals surface area contributed by atoms with E-state index in [9.17, 15) is 8.78 Å². The smallest absolute Gasteiger partial charge is 0.148 e. The molecule has 1 fully saturated rings. The molecule has 16 heavy (non-hydrogen) atoms. The van der Waals surface area contributed by atoms with Gasteiger partial charge in [-0.15, -0.1) is 0 Å². The lowest BCUT2D eigenvalue weighted by molar-refractivity contribution is 0.545. The number of hydrogen-bond donors (Lipinski definition) is 1. The molecule has 1 aromatic rings. The van der Waals surface area contributed by atoms with Gasteiger partial charge in [-0.2, -0.15) is 0 Å². The molecule has 0 saturated heterocycles. The Morgan fingerprint density at radius 1 is 1.38 bits per heavy atom. The van der Waals surface area contributed by atoms with E-state index >= 15 is 0 Å². The minimum absolute atomic E-state index is 0.0310. The average molecular weight is 246 g/mol. The fourth-order valence-electron chi connectivity index (χ4n) is 2.58. The molecule has 2 N–H and O–H groups in total. The predicted molar refractivity (Wildman–Crippen MR) is 60.4 cm³/mol. The van der Waals surface area contributed by atoms with Crippen molar-refractivity contribution in [3.05, 3.63) is 34.4 Å². The molecule has 2 rings (SSSR count). The van der Waals surface area contributed by atoms with E-state index in [1.54, 1.807) is 0 Å². The average Bonchev–Trinajstić information content (AvgIpc) is 2.77. The van der Waals surface area contributed by atoms with Crippen LogP contribution in [-0.4, -0.2) is 6.54 Å². The second kappa shape index (κ2) is 3.67. The molecular formula is C12H14ClF2N. The minimum Gasteiger partial charge on any atom is -0.330 e. The molecule has 0 heterocycles. The van der Waals surface area contributed by atoms with Crippen molar-refractivity contribution < 1.29 is 8.78 Å². The summed E-state index contributed by atoms with van der Waals surface area (Å²) in [7, 11) is 0. The van der Waals surface area contributed by atoms with Gasteiger partial charge >= 0.3 is 0 Å². The van der Waals surface area contributed by atoms with Gasteiger partial charge in [-0.05, 0) is 35.4 Å². The summed E-state index contributed by atoms with van der Waals surface area (Å²) >= 11 is 5.56. The number of benzene rings is 1. The summed E-state index contributed by atoms with van der Waals surface area (Å²) in [6.45, 7) is 4.57. The quantitative estimate of drug-likeness (QED) is 0.795. The van der Waals surface area contributed by atoms with E-state index in [4.69, 9.17) is 17.3 Å². The molecule has 1 aliphatic rings. The molecule has 2 atom stereocenters. The summed E-state index contributed by atoms with van der Waals surface area (Å²) in [6, 6.07) is 2.68. The monoisotopic (exact) mass is 245 g/mol. The van der Waals surface area contributed by atoms with Crippen LogP contribution in [0.5, 0.6) is 0 Å². The molecular weight excluding hydrogens is 232 g/mol. The summed E-state index contributed by atoms with van der Waals surface area (Å²) in [4.78, 5) is 0. The van der Waals surface area contributed by atoms with E-state index in [-0.39, 0.29) is 17.3 Å². The third kappa shape index (κ3) is 1.54. The molecule has 4 heteroatoms. The molecule has 1 nitrogen and oxygen atoms in total. The molecule has 0 amide bonds. The van der Waals surface area contributed by atoms with E-state index in [0.717, 1.165) is 0 Å². The molecule has 1 aliphatic carbocycles. The summed E-state index contributed by atoms with van der Waals surface area (Å²) < 4.78 is 26.8. The Hall–Kier alpha value is -0.670. The van der Waals surface area contributed by atoms with Gasteiger partial charge in [-0.25, -0.2) is 8.78 Å². The van der Waals surface area contributed by atoms with Crippen molar-refractivity contribution >= 4 is 11.6 Å². The van der Waals surface area contributed by atoms with E-state index in [2.05, 4.69) is 0 Å². The van der Waals surface area contributed by atoms with Crippen molar-refractivity contribution in [3.63, 3.8) is 0 Å². The van der Waals surface area contributed by atoms with Crippen LogP contribution in [-0.2, 0) is 0 Å². The van der Waals surface area contributed by atoms with Gasteiger partial charge in [-0.3, -0.25) is 0 Å². The van der Waals surface area contributed by atoms with Gasteiger partial charge in [0.15, 0.2) is 0 Å². The molecule has 0 aromatic heterocycles. The summed E-state index contributed by atoms with van der Waals surface area (Å²) in [6.07, 6.45) is 0. The van der Waals surface area contributed by atoms with Gasteiger partial charge in [0.25, 0.3) is 0 Å². The molecule has 0 bridgehead atoms. The van der Waals surface area contributed by atoms with Crippen LogP contribution < -0.4 is 5.73 Å². The van der Waals surface area contributed by atoms with Crippen molar-refractivity contribution in [2.24, 2.45) is 17.1 Å². The molecule has 0 unspecified atom stereocenters. The van der Waals surface area contributed by atoms with Crippen LogP contribution in [0.4, 0.5) is 8.78 Å². The SMILES string of the molecule is CC1(C)[C@@H](CN)[C@@H]1c1ccc(F)c(Cl)c1F. The number of rotatable bonds is 2. The highest BCUT2D eigenvalue weighted by Crippen LogP contribution is 2.64. The topological polar surface area (TPSA) is 26.0 Å². The van der Waals surface area contributed by atoms with Gasteiger partial charge in [0.05, 0.1) is 0 Å². The van der Waals surface area contributed by atoms with Crippen molar-refractivity contribution in [3.8, 4) is 0 Å². The maximum absolute atomic E-state index is 13.8. The number of hydrogen-bond acceptors (Lipinski definition) is 1. The minimum atomic E-state index is -0.717. The fraction of sp³-hybridized carbons (Fsp3) is 0.500. The lowest BCUT2D eigenvalue weighted by Gasteiger charge is -2.06. The highest BCUT2D eigenvalue weighted by molar-refractivity contribution is 6.31. The highest BCUT2D eigenvalue weighted by Gasteiger charge is 2.58. The molecule has 1 aromatic carbocycles. The normalized spacial score (nSPS) is 26.9. The van der Waals surface area contributed by atoms with Crippen molar-refractivity contribution in [2.75, 3.05) is 6.54 Å². The molecule has 0 aliphatic heterocycles. The van der Waals surface area contributed by atoms with Gasteiger partial charge in [0, 0.05) is 0 Å². The maximum atomic E-state index is 13.8. The molecule has 0 radical (unpaired) electrons. The van der Waals surface area contributed by atoms with Gasteiger partial charge in [0.1, 0.15) is 16.7 Å². The lowest BCUT2D eigenvalue weighted by Crippen LogP contribution is -2.05. The first kappa shape index (κ1) is 11.8. The van der Waals surface area contributed by atoms with E-state index < -0.39 is 16.7 Å². The lowest BCUT2D eigenvalue weighted by atomic mass is 10.0. The van der Waals surface area contributed by atoms with Gasteiger partial charge in [0.2, 0.25) is 0 Å². The molecule has 88 valence electrons. The second-order valence-electron chi connectivity index (χ2n) is 4.91. The van der Waals surface area contributed by atoms with Gasteiger partial charge < -0.3 is 5.73 Å². The fourth-order valence-corrected chi connectivity index (χ4v) is 2.75. The predicted octanol–water partition coefficient (Wildman–Crippen LogP) is 3.32. The largest absolute Gasteiger partial charge is 0.330 e.